The van der Waals surface area contributed by atoms with Crippen molar-refractivity contribution in [2.24, 2.45) is 0 Å². The standard InChI is InChI=1S/C18H15F3N6O/c19-18(20,21)28-14-6-4-12(5-7-14)27-17-15(9-22)16(25-11-26-17)24-10-13-3-1-2-8-23-13/h1-9,11,22H,10H2,(H2,24,25,26,27). The van der Waals surface area contributed by atoms with Gasteiger partial charge in [0, 0.05) is 18.1 Å². The number of rotatable bonds is 7. The Balaban J connectivity index is 1.74. The summed E-state index contributed by atoms with van der Waals surface area (Å²) in [6, 6.07) is 10.7. The fraction of sp³-hybridized carbons (Fsp3) is 0.111. The second-order valence-electron chi connectivity index (χ2n) is 5.50. The van der Waals surface area contributed by atoms with Crippen molar-refractivity contribution in [3.05, 3.63) is 66.2 Å². The van der Waals surface area contributed by atoms with Crippen LogP contribution in [-0.4, -0.2) is 27.5 Å². The average Bonchev–Trinajstić information content (AvgIpc) is 2.67. The van der Waals surface area contributed by atoms with Crippen molar-refractivity contribution < 1.29 is 17.9 Å². The summed E-state index contributed by atoms with van der Waals surface area (Å²) in [5.41, 5.74) is 1.67. The van der Waals surface area contributed by atoms with Crippen LogP contribution in [-0.2, 0) is 6.54 Å². The third-order valence-corrected chi connectivity index (χ3v) is 3.54. The Kier molecular flexibility index (Phi) is 5.68. The predicted molar refractivity (Wildman–Crippen MR) is 97.9 cm³/mol. The largest absolute Gasteiger partial charge is 0.573 e. The molecule has 7 nitrogen and oxygen atoms in total. The van der Waals surface area contributed by atoms with E-state index in [-0.39, 0.29) is 5.75 Å². The minimum Gasteiger partial charge on any atom is -0.406 e. The van der Waals surface area contributed by atoms with E-state index in [1.807, 2.05) is 18.2 Å². The zero-order valence-corrected chi connectivity index (χ0v) is 14.4. The summed E-state index contributed by atoms with van der Waals surface area (Å²) in [6.45, 7) is 0.404. The van der Waals surface area contributed by atoms with Gasteiger partial charge in [-0.2, -0.15) is 0 Å². The molecule has 2 heterocycles. The number of anilines is 3. The molecule has 0 atom stereocenters. The molecular formula is C18H15F3N6O. The highest BCUT2D eigenvalue weighted by Crippen LogP contribution is 2.26. The van der Waals surface area contributed by atoms with E-state index in [4.69, 9.17) is 5.41 Å². The summed E-state index contributed by atoms with van der Waals surface area (Å²) in [5, 5.41) is 13.7. The Labute approximate surface area is 158 Å². The van der Waals surface area contributed by atoms with E-state index in [9.17, 15) is 13.2 Å². The smallest absolute Gasteiger partial charge is 0.406 e. The van der Waals surface area contributed by atoms with Gasteiger partial charge in [-0.15, -0.1) is 13.2 Å². The molecule has 3 aromatic rings. The molecule has 0 bridgehead atoms. The maximum absolute atomic E-state index is 12.2. The molecule has 0 unspecified atom stereocenters. The lowest BCUT2D eigenvalue weighted by Gasteiger charge is -2.13. The van der Waals surface area contributed by atoms with Crippen LogP contribution in [0.1, 0.15) is 11.3 Å². The van der Waals surface area contributed by atoms with Crippen molar-refractivity contribution in [3.63, 3.8) is 0 Å². The SMILES string of the molecule is N=Cc1c(NCc2ccccn2)ncnc1Nc1ccc(OC(F)(F)F)cc1. The molecule has 144 valence electrons. The maximum atomic E-state index is 12.2. The summed E-state index contributed by atoms with van der Waals surface area (Å²) in [7, 11) is 0. The molecule has 0 spiro atoms. The van der Waals surface area contributed by atoms with Crippen LogP contribution >= 0.6 is 0 Å². The van der Waals surface area contributed by atoms with E-state index in [2.05, 4.69) is 30.3 Å². The predicted octanol–water partition coefficient (Wildman–Crippen LogP) is 4.12. The lowest BCUT2D eigenvalue weighted by molar-refractivity contribution is -0.274. The van der Waals surface area contributed by atoms with Gasteiger partial charge in [0.2, 0.25) is 0 Å². The Hall–Kier alpha value is -3.69. The molecule has 1 aromatic carbocycles. The Morgan fingerprint density at radius 3 is 2.39 bits per heavy atom. The van der Waals surface area contributed by atoms with E-state index in [1.165, 1.54) is 30.6 Å². The van der Waals surface area contributed by atoms with Crippen molar-refractivity contribution in [2.75, 3.05) is 10.6 Å². The lowest BCUT2D eigenvalue weighted by Crippen LogP contribution is -2.17. The van der Waals surface area contributed by atoms with E-state index in [0.717, 1.165) is 11.9 Å². The molecule has 0 aliphatic carbocycles. The monoisotopic (exact) mass is 388 g/mol. The number of halogens is 3. The van der Waals surface area contributed by atoms with Crippen LogP contribution in [0, 0.1) is 5.41 Å². The molecule has 0 saturated carbocycles. The van der Waals surface area contributed by atoms with E-state index in [1.54, 1.807) is 6.20 Å². The minimum atomic E-state index is -4.75. The Bertz CT molecular complexity index is 932. The second kappa shape index (κ2) is 8.33. The van der Waals surface area contributed by atoms with Gasteiger partial charge in [0.05, 0.1) is 17.8 Å². The number of pyridine rings is 1. The first-order chi connectivity index (χ1) is 13.4. The van der Waals surface area contributed by atoms with Crippen LogP contribution in [0.5, 0.6) is 5.75 Å². The summed E-state index contributed by atoms with van der Waals surface area (Å²) in [6.07, 6.45) is -0.668. The molecule has 0 radical (unpaired) electrons. The van der Waals surface area contributed by atoms with Crippen molar-refractivity contribution >= 4 is 23.5 Å². The number of hydrogen-bond donors (Lipinski definition) is 3. The molecule has 0 amide bonds. The van der Waals surface area contributed by atoms with Crippen molar-refractivity contribution in [3.8, 4) is 5.75 Å². The average molecular weight is 388 g/mol. The normalized spacial score (nSPS) is 11.0. The van der Waals surface area contributed by atoms with Gasteiger partial charge in [0.15, 0.2) is 0 Å². The Morgan fingerprint density at radius 2 is 1.75 bits per heavy atom. The summed E-state index contributed by atoms with van der Waals surface area (Å²) in [5.74, 6) is 0.430. The highest BCUT2D eigenvalue weighted by atomic mass is 19.4. The number of nitrogens with one attached hydrogen (secondary N) is 3. The maximum Gasteiger partial charge on any atom is 0.573 e. The number of hydrogen-bond acceptors (Lipinski definition) is 7. The summed E-state index contributed by atoms with van der Waals surface area (Å²) >= 11 is 0. The highest BCUT2D eigenvalue weighted by Gasteiger charge is 2.30. The Morgan fingerprint density at radius 1 is 1.00 bits per heavy atom. The number of nitrogens with zero attached hydrogens (tertiary/aromatic N) is 3. The van der Waals surface area contributed by atoms with Gasteiger partial charge < -0.3 is 20.8 Å². The van der Waals surface area contributed by atoms with Gasteiger partial charge in [0.1, 0.15) is 23.7 Å². The van der Waals surface area contributed by atoms with Gasteiger partial charge in [-0.1, -0.05) is 6.07 Å². The van der Waals surface area contributed by atoms with Crippen molar-refractivity contribution in [1.82, 2.24) is 15.0 Å². The third kappa shape index (κ3) is 5.16. The zero-order valence-electron chi connectivity index (χ0n) is 14.4. The zero-order chi connectivity index (χ0) is 20.0. The molecule has 10 heteroatoms. The van der Waals surface area contributed by atoms with Crippen LogP contribution in [0.4, 0.5) is 30.5 Å². The molecule has 28 heavy (non-hydrogen) atoms. The van der Waals surface area contributed by atoms with Crippen molar-refractivity contribution in [1.29, 1.82) is 5.41 Å². The number of benzene rings is 1. The first-order valence-corrected chi connectivity index (χ1v) is 8.07. The lowest BCUT2D eigenvalue weighted by atomic mass is 10.2. The molecule has 3 N–H and O–H groups in total. The number of ether oxygens (including phenoxy) is 1. The third-order valence-electron chi connectivity index (χ3n) is 3.54. The van der Waals surface area contributed by atoms with E-state index in [0.29, 0.717) is 29.4 Å². The molecule has 0 aliphatic rings. The highest BCUT2D eigenvalue weighted by molar-refractivity contribution is 5.91. The van der Waals surface area contributed by atoms with Gasteiger partial charge in [-0.05, 0) is 36.4 Å². The first kappa shape index (κ1) is 19.1. The number of aromatic nitrogens is 3. The molecule has 2 aromatic heterocycles. The van der Waals surface area contributed by atoms with Gasteiger partial charge in [-0.3, -0.25) is 4.98 Å². The van der Waals surface area contributed by atoms with Crippen LogP contribution < -0.4 is 15.4 Å². The van der Waals surface area contributed by atoms with Crippen LogP contribution in [0.2, 0.25) is 0 Å². The van der Waals surface area contributed by atoms with Crippen LogP contribution in [0.15, 0.2) is 55.0 Å². The minimum absolute atomic E-state index is 0.328. The first-order valence-electron chi connectivity index (χ1n) is 8.07. The van der Waals surface area contributed by atoms with Gasteiger partial charge >= 0.3 is 6.36 Å². The van der Waals surface area contributed by atoms with Crippen LogP contribution in [0.25, 0.3) is 0 Å². The number of alkyl halides is 3. The molecule has 3 rings (SSSR count). The fourth-order valence-electron chi connectivity index (χ4n) is 2.33. The molecular weight excluding hydrogens is 373 g/mol. The topological polar surface area (TPSA) is 95.8 Å². The fourth-order valence-corrected chi connectivity index (χ4v) is 2.33. The second-order valence-corrected chi connectivity index (χ2v) is 5.50. The van der Waals surface area contributed by atoms with Gasteiger partial charge in [-0.25, -0.2) is 9.97 Å². The van der Waals surface area contributed by atoms with Crippen molar-refractivity contribution in [2.45, 2.75) is 12.9 Å². The van der Waals surface area contributed by atoms with E-state index < -0.39 is 6.36 Å². The molecule has 0 fully saturated rings. The van der Waals surface area contributed by atoms with Gasteiger partial charge in [0.25, 0.3) is 0 Å². The molecule has 0 aliphatic heterocycles. The summed E-state index contributed by atoms with van der Waals surface area (Å²) < 4.78 is 40.5. The molecule has 0 saturated heterocycles. The quantitative estimate of drug-likeness (QED) is 0.527. The summed E-state index contributed by atoms with van der Waals surface area (Å²) in [4.78, 5) is 12.4. The van der Waals surface area contributed by atoms with Crippen LogP contribution in [0.3, 0.4) is 0 Å². The van der Waals surface area contributed by atoms with E-state index >= 15 is 0 Å².